The normalized spacial score (nSPS) is 10.2. The molecule has 0 aromatic heterocycles. The average molecular weight is 333 g/mol. The van der Waals surface area contributed by atoms with Gasteiger partial charge in [0.05, 0.1) is 0 Å². The number of hydrogen-bond donors (Lipinski definition) is 2. The fraction of sp³-hybridized carbons (Fsp3) is 0.188. The molecule has 20 heavy (non-hydrogen) atoms. The Morgan fingerprint density at radius 2 is 1.90 bits per heavy atom. The van der Waals surface area contributed by atoms with E-state index in [1.807, 2.05) is 18.2 Å². The van der Waals surface area contributed by atoms with Crippen molar-refractivity contribution in [2.24, 2.45) is 0 Å². The minimum absolute atomic E-state index is 0.0706. The second-order valence-electron chi connectivity index (χ2n) is 4.58. The number of rotatable bonds is 5. The molecule has 0 saturated heterocycles. The van der Waals surface area contributed by atoms with Crippen LogP contribution in [0.5, 0.6) is 0 Å². The summed E-state index contributed by atoms with van der Waals surface area (Å²) in [5.41, 5.74) is 8.23. The van der Waals surface area contributed by atoms with Gasteiger partial charge in [0.1, 0.15) is 0 Å². The van der Waals surface area contributed by atoms with Gasteiger partial charge in [-0.25, -0.2) is 0 Å². The van der Waals surface area contributed by atoms with Gasteiger partial charge in [-0.05, 0) is 52.5 Å². The molecule has 2 aromatic carbocycles. The lowest BCUT2D eigenvalue weighted by Crippen LogP contribution is -2.24. The minimum Gasteiger partial charge on any atom is -0.398 e. The molecular formula is C16H17BrN2O. The van der Waals surface area contributed by atoms with Crippen molar-refractivity contribution < 1.29 is 4.79 Å². The lowest BCUT2D eigenvalue weighted by molar-refractivity contribution is 0.0953. The maximum absolute atomic E-state index is 11.9. The molecule has 2 rings (SSSR count). The average Bonchev–Trinajstić information content (AvgIpc) is 2.47. The number of aryl methyl sites for hydroxylation is 1. The van der Waals surface area contributed by atoms with Crippen LogP contribution >= 0.6 is 15.9 Å². The maximum Gasteiger partial charge on any atom is 0.251 e. The molecule has 0 saturated carbocycles. The smallest absolute Gasteiger partial charge is 0.251 e. The summed E-state index contributed by atoms with van der Waals surface area (Å²) in [5.74, 6) is -0.0706. The van der Waals surface area contributed by atoms with Crippen molar-refractivity contribution in [1.29, 1.82) is 0 Å². The van der Waals surface area contributed by atoms with E-state index in [9.17, 15) is 4.79 Å². The molecule has 0 spiro atoms. The Balaban J connectivity index is 1.79. The zero-order chi connectivity index (χ0) is 14.4. The van der Waals surface area contributed by atoms with Gasteiger partial charge in [0.2, 0.25) is 0 Å². The van der Waals surface area contributed by atoms with E-state index in [1.54, 1.807) is 18.2 Å². The van der Waals surface area contributed by atoms with E-state index in [-0.39, 0.29) is 5.91 Å². The van der Waals surface area contributed by atoms with Crippen LogP contribution in [-0.4, -0.2) is 12.5 Å². The molecule has 0 aliphatic heterocycles. The van der Waals surface area contributed by atoms with Crippen molar-refractivity contribution >= 4 is 27.5 Å². The molecule has 3 N–H and O–H groups in total. The first kappa shape index (κ1) is 14.6. The summed E-state index contributed by atoms with van der Waals surface area (Å²) in [4.78, 5) is 11.9. The summed E-state index contributed by atoms with van der Waals surface area (Å²) in [6.45, 7) is 0.662. The zero-order valence-electron chi connectivity index (χ0n) is 11.1. The summed E-state index contributed by atoms with van der Waals surface area (Å²) in [6, 6.07) is 15.4. The highest BCUT2D eigenvalue weighted by Crippen LogP contribution is 2.20. The molecular weight excluding hydrogens is 316 g/mol. The molecule has 2 aromatic rings. The molecule has 0 bridgehead atoms. The van der Waals surface area contributed by atoms with Gasteiger partial charge in [-0.2, -0.15) is 0 Å². The van der Waals surface area contributed by atoms with Gasteiger partial charge in [0.15, 0.2) is 0 Å². The van der Waals surface area contributed by atoms with Crippen LogP contribution in [0.2, 0.25) is 0 Å². The van der Waals surface area contributed by atoms with E-state index >= 15 is 0 Å². The third kappa shape index (κ3) is 4.10. The van der Waals surface area contributed by atoms with E-state index in [0.29, 0.717) is 17.8 Å². The first-order chi connectivity index (χ1) is 9.66. The molecule has 4 heteroatoms. The highest BCUT2D eigenvalue weighted by Gasteiger charge is 2.06. The summed E-state index contributed by atoms with van der Waals surface area (Å²) < 4.78 is 0.745. The van der Waals surface area contributed by atoms with Gasteiger partial charge < -0.3 is 11.1 Å². The van der Waals surface area contributed by atoms with Crippen LogP contribution in [0.1, 0.15) is 22.3 Å². The number of nitrogen functional groups attached to an aromatic ring is 1. The van der Waals surface area contributed by atoms with Crippen LogP contribution in [0.4, 0.5) is 5.69 Å². The number of carbonyl (C=O) groups is 1. The number of amides is 1. The fourth-order valence-corrected chi connectivity index (χ4v) is 2.29. The lowest BCUT2D eigenvalue weighted by atomic mass is 10.1. The van der Waals surface area contributed by atoms with Crippen LogP contribution in [0, 0.1) is 0 Å². The van der Waals surface area contributed by atoms with Crippen LogP contribution in [-0.2, 0) is 6.42 Å². The number of benzene rings is 2. The molecule has 0 radical (unpaired) electrons. The number of nitrogens with two attached hydrogens (primary N) is 1. The Bertz CT molecular complexity index is 584. The van der Waals surface area contributed by atoms with Crippen molar-refractivity contribution in [3.8, 4) is 0 Å². The predicted molar refractivity (Wildman–Crippen MR) is 85.7 cm³/mol. The third-order valence-electron chi connectivity index (χ3n) is 3.03. The Morgan fingerprint density at radius 1 is 1.15 bits per heavy atom. The van der Waals surface area contributed by atoms with E-state index in [2.05, 4.69) is 33.4 Å². The van der Waals surface area contributed by atoms with Gasteiger partial charge in [-0.3, -0.25) is 4.79 Å². The minimum atomic E-state index is -0.0706. The highest BCUT2D eigenvalue weighted by molar-refractivity contribution is 9.10. The van der Waals surface area contributed by atoms with Crippen molar-refractivity contribution in [3.63, 3.8) is 0 Å². The van der Waals surface area contributed by atoms with Crippen LogP contribution < -0.4 is 11.1 Å². The maximum atomic E-state index is 11.9. The lowest BCUT2D eigenvalue weighted by Gasteiger charge is -2.06. The van der Waals surface area contributed by atoms with Crippen molar-refractivity contribution in [3.05, 3.63) is 64.1 Å². The zero-order valence-corrected chi connectivity index (χ0v) is 12.7. The molecule has 0 fully saturated rings. The van der Waals surface area contributed by atoms with Gasteiger partial charge in [-0.15, -0.1) is 0 Å². The Kier molecular flexibility index (Phi) is 5.18. The molecule has 0 unspecified atom stereocenters. The van der Waals surface area contributed by atoms with E-state index < -0.39 is 0 Å². The molecule has 0 heterocycles. The van der Waals surface area contributed by atoms with E-state index in [1.165, 1.54) is 5.56 Å². The first-order valence-electron chi connectivity index (χ1n) is 6.54. The molecule has 1 amide bonds. The molecule has 0 atom stereocenters. The number of hydrogen-bond acceptors (Lipinski definition) is 2. The molecule has 104 valence electrons. The summed E-state index contributed by atoms with van der Waals surface area (Å²) in [7, 11) is 0. The third-order valence-corrected chi connectivity index (χ3v) is 3.72. The number of carbonyl (C=O) groups excluding carboxylic acids is 1. The first-order valence-corrected chi connectivity index (χ1v) is 7.33. The van der Waals surface area contributed by atoms with Crippen LogP contribution in [0.25, 0.3) is 0 Å². The van der Waals surface area contributed by atoms with Crippen LogP contribution in [0.15, 0.2) is 53.0 Å². The molecule has 0 aliphatic rings. The second kappa shape index (κ2) is 7.10. The standard InChI is InChI=1S/C16H17BrN2O/c17-14-11-13(8-9-15(14)18)16(20)19-10-4-7-12-5-2-1-3-6-12/h1-3,5-6,8-9,11H,4,7,10,18H2,(H,19,20). The summed E-state index contributed by atoms with van der Waals surface area (Å²) in [6.07, 6.45) is 1.89. The largest absolute Gasteiger partial charge is 0.398 e. The molecule has 3 nitrogen and oxygen atoms in total. The van der Waals surface area contributed by atoms with Crippen molar-refractivity contribution in [2.75, 3.05) is 12.3 Å². The quantitative estimate of drug-likeness (QED) is 0.651. The fourth-order valence-electron chi connectivity index (χ4n) is 1.91. The topological polar surface area (TPSA) is 55.1 Å². The Labute approximate surface area is 127 Å². The predicted octanol–water partition coefficient (Wildman–Crippen LogP) is 3.39. The van der Waals surface area contributed by atoms with Crippen molar-refractivity contribution in [1.82, 2.24) is 5.32 Å². The summed E-state index contributed by atoms with van der Waals surface area (Å²) >= 11 is 3.32. The second-order valence-corrected chi connectivity index (χ2v) is 5.44. The number of anilines is 1. The van der Waals surface area contributed by atoms with Crippen LogP contribution in [0.3, 0.4) is 0 Å². The number of nitrogens with one attached hydrogen (secondary N) is 1. The molecule has 0 aliphatic carbocycles. The summed E-state index contributed by atoms with van der Waals surface area (Å²) in [5, 5.41) is 2.92. The van der Waals surface area contributed by atoms with Gasteiger partial charge in [0.25, 0.3) is 5.91 Å². The van der Waals surface area contributed by atoms with E-state index in [0.717, 1.165) is 17.3 Å². The Hall–Kier alpha value is -1.81. The van der Waals surface area contributed by atoms with Gasteiger partial charge >= 0.3 is 0 Å². The van der Waals surface area contributed by atoms with Gasteiger partial charge in [-0.1, -0.05) is 30.3 Å². The van der Waals surface area contributed by atoms with Gasteiger partial charge in [0, 0.05) is 22.3 Å². The SMILES string of the molecule is Nc1ccc(C(=O)NCCCc2ccccc2)cc1Br. The van der Waals surface area contributed by atoms with Crippen molar-refractivity contribution in [2.45, 2.75) is 12.8 Å². The monoisotopic (exact) mass is 332 g/mol. The number of halogens is 1. The highest BCUT2D eigenvalue weighted by atomic mass is 79.9. The van der Waals surface area contributed by atoms with E-state index in [4.69, 9.17) is 5.73 Å². The Morgan fingerprint density at radius 3 is 2.60 bits per heavy atom.